The van der Waals surface area contributed by atoms with Crippen molar-refractivity contribution in [1.29, 1.82) is 0 Å². The molecular weight excluding hydrogens is 452 g/mol. The lowest BCUT2D eigenvalue weighted by molar-refractivity contribution is -0.120. The number of anilines is 1. The number of para-hydroxylation sites is 1. The van der Waals surface area contributed by atoms with Crippen LogP contribution >= 0.6 is 11.6 Å². The minimum absolute atomic E-state index is 0.0121. The van der Waals surface area contributed by atoms with Crippen LogP contribution < -0.4 is 5.32 Å². The number of rotatable bonds is 5. The fraction of sp³-hybridized carbons (Fsp3) is 0.318. The van der Waals surface area contributed by atoms with Crippen molar-refractivity contribution < 1.29 is 17.7 Å². The van der Waals surface area contributed by atoms with E-state index in [4.69, 9.17) is 16.1 Å². The van der Waals surface area contributed by atoms with Gasteiger partial charge in [-0.05, 0) is 49.6 Å². The number of hydrogen-bond donors (Lipinski definition) is 1. The molecule has 32 heavy (non-hydrogen) atoms. The number of nitrogens with one attached hydrogen (secondary N) is 1. The molecule has 2 aromatic carbocycles. The number of nitrogens with zero attached hydrogens (tertiary/aromatic N) is 3. The molecule has 1 N–H and O–H groups in total. The molecule has 1 saturated heterocycles. The molecule has 0 unspecified atom stereocenters. The van der Waals surface area contributed by atoms with Gasteiger partial charge in [0, 0.05) is 37.2 Å². The topological polar surface area (TPSA) is 105 Å². The molecule has 0 spiro atoms. The summed E-state index contributed by atoms with van der Waals surface area (Å²) in [6.07, 6.45) is 0.858. The number of amides is 1. The molecule has 1 aromatic heterocycles. The molecule has 8 nitrogen and oxygen atoms in total. The van der Waals surface area contributed by atoms with Gasteiger partial charge in [0.25, 0.3) is 0 Å². The second-order valence-electron chi connectivity index (χ2n) is 7.76. The summed E-state index contributed by atoms with van der Waals surface area (Å²) in [6, 6.07) is 12.2. The Morgan fingerprint density at radius 2 is 1.88 bits per heavy atom. The summed E-state index contributed by atoms with van der Waals surface area (Å²) in [5, 5.41) is 6.91. The van der Waals surface area contributed by atoms with Crippen LogP contribution in [0.15, 0.2) is 51.9 Å². The van der Waals surface area contributed by atoms with Crippen molar-refractivity contribution in [2.24, 2.45) is 5.92 Å². The minimum atomic E-state index is -3.85. The summed E-state index contributed by atoms with van der Waals surface area (Å²) >= 11 is 6.24. The number of aromatic nitrogens is 2. The SMILES string of the molecule is Cc1nc(-c2ccc(Cl)c(S(=O)(=O)N3CCC(C(=O)Nc4ccccc4C)CC3)c2)no1. The largest absolute Gasteiger partial charge is 0.339 e. The van der Waals surface area contributed by atoms with Crippen LogP contribution in [0.1, 0.15) is 24.3 Å². The highest BCUT2D eigenvalue weighted by Gasteiger charge is 2.33. The van der Waals surface area contributed by atoms with Crippen molar-refractivity contribution in [1.82, 2.24) is 14.4 Å². The third-order valence-electron chi connectivity index (χ3n) is 5.56. The molecule has 1 fully saturated rings. The van der Waals surface area contributed by atoms with Crippen molar-refractivity contribution in [2.75, 3.05) is 18.4 Å². The molecule has 0 bridgehead atoms. The molecule has 4 rings (SSSR count). The van der Waals surface area contributed by atoms with Crippen molar-refractivity contribution in [3.8, 4) is 11.4 Å². The molecule has 1 amide bonds. The van der Waals surface area contributed by atoms with Gasteiger partial charge in [-0.15, -0.1) is 0 Å². The highest BCUT2D eigenvalue weighted by Crippen LogP contribution is 2.31. The Morgan fingerprint density at radius 3 is 2.53 bits per heavy atom. The van der Waals surface area contributed by atoms with E-state index in [-0.39, 0.29) is 34.8 Å². The summed E-state index contributed by atoms with van der Waals surface area (Å²) in [6.45, 7) is 4.05. The quantitative estimate of drug-likeness (QED) is 0.598. The summed E-state index contributed by atoms with van der Waals surface area (Å²) < 4.78 is 32.9. The first-order chi connectivity index (χ1) is 15.3. The summed E-state index contributed by atoms with van der Waals surface area (Å²) in [4.78, 5) is 16.8. The maximum Gasteiger partial charge on any atom is 0.244 e. The summed E-state index contributed by atoms with van der Waals surface area (Å²) in [7, 11) is -3.85. The summed E-state index contributed by atoms with van der Waals surface area (Å²) in [5.41, 5.74) is 2.25. The van der Waals surface area contributed by atoms with Crippen LogP contribution in [0.25, 0.3) is 11.4 Å². The number of carbonyl (C=O) groups is 1. The van der Waals surface area contributed by atoms with Crippen LogP contribution in [0.2, 0.25) is 5.02 Å². The van der Waals surface area contributed by atoms with E-state index < -0.39 is 10.0 Å². The van der Waals surface area contributed by atoms with E-state index in [1.54, 1.807) is 13.0 Å². The number of hydrogen-bond acceptors (Lipinski definition) is 6. The Hall–Kier alpha value is -2.75. The van der Waals surface area contributed by atoms with Gasteiger partial charge in [-0.2, -0.15) is 9.29 Å². The fourth-order valence-corrected chi connectivity index (χ4v) is 5.67. The lowest BCUT2D eigenvalue weighted by Crippen LogP contribution is -2.41. The molecule has 0 aliphatic carbocycles. The Morgan fingerprint density at radius 1 is 1.16 bits per heavy atom. The molecule has 168 valence electrons. The van der Waals surface area contributed by atoms with Gasteiger partial charge < -0.3 is 9.84 Å². The Labute approximate surface area is 191 Å². The van der Waals surface area contributed by atoms with Gasteiger partial charge in [0.2, 0.25) is 27.6 Å². The van der Waals surface area contributed by atoms with Gasteiger partial charge in [0.1, 0.15) is 4.90 Å². The molecule has 3 aromatic rings. The lowest BCUT2D eigenvalue weighted by Gasteiger charge is -2.31. The molecule has 1 aliphatic rings. The maximum atomic E-state index is 13.3. The summed E-state index contributed by atoms with van der Waals surface area (Å²) in [5.74, 6) is 0.321. The van der Waals surface area contributed by atoms with Crippen LogP contribution in [-0.2, 0) is 14.8 Å². The first kappa shape index (κ1) is 22.4. The van der Waals surface area contributed by atoms with Gasteiger partial charge in [-0.25, -0.2) is 8.42 Å². The average molecular weight is 475 g/mol. The van der Waals surface area contributed by atoms with Crippen LogP contribution in [0, 0.1) is 19.8 Å². The van der Waals surface area contributed by atoms with Crippen LogP contribution in [0.4, 0.5) is 5.69 Å². The van der Waals surface area contributed by atoms with E-state index >= 15 is 0 Å². The second-order valence-corrected chi connectivity index (χ2v) is 10.1. The standard InChI is InChI=1S/C22H23ClN4O4S/c1-14-5-3-4-6-19(14)25-22(28)16-9-11-27(12-10-16)32(29,30)20-13-17(7-8-18(20)23)21-24-15(2)31-26-21/h3-8,13,16H,9-12H2,1-2H3,(H,25,28). The smallest absolute Gasteiger partial charge is 0.244 e. The number of carbonyl (C=O) groups excluding carboxylic acids is 1. The molecular formula is C22H23ClN4O4S. The normalized spacial score (nSPS) is 15.6. The molecule has 0 saturated carbocycles. The molecule has 0 atom stereocenters. The van der Waals surface area contributed by atoms with Gasteiger partial charge in [-0.3, -0.25) is 4.79 Å². The molecule has 0 radical (unpaired) electrons. The fourth-order valence-electron chi connectivity index (χ4n) is 3.70. The predicted molar refractivity (Wildman–Crippen MR) is 121 cm³/mol. The third-order valence-corrected chi connectivity index (χ3v) is 7.94. The third kappa shape index (κ3) is 4.55. The monoisotopic (exact) mass is 474 g/mol. The number of benzene rings is 2. The first-order valence-electron chi connectivity index (χ1n) is 10.2. The molecule has 2 heterocycles. The van der Waals surface area contributed by atoms with Crippen LogP contribution in [0.5, 0.6) is 0 Å². The second kappa shape index (κ2) is 9.01. The zero-order valence-electron chi connectivity index (χ0n) is 17.7. The lowest BCUT2D eigenvalue weighted by atomic mass is 9.97. The highest BCUT2D eigenvalue weighted by molar-refractivity contribution is 7.89. The number of piperidine rings is 1. The van der Waals surface area contributed by atoms with Crippen molar-refractivity contribution >= 4 is 33.2 Å². The molecule has 10 heteroatoms. The van der Waals surface area contributed by atoms with Gasteiger partial charge in [-0.1, -0.05) is 35.0 Å². The minimum Gasteiger partial charge on any atom is -0.339 e. The van der Waals surface area contributed by atoms with E-state index in [2.05, 4.69) is 15.5 Å². The van der Waals surface area contributed by atoms with Gasteiger partial charge >= 0.3 is 0 Å². The van der Waals surface area contributed by atoms with Crippen molar-refractivity contribution in [3.05, 3.63) is 58.9 Å². The zero-order valence-corrected chi connectivity index (χ0v) is 19.3. The molecule has 1 aliphatic heterocycles. The van der Waals surface area contributed by atoms with E-state index in [1.807, 2.05) is 31.2 Å². The Balaban J connectivity index is 1.47. The van der Waals surface area contributed by atoms with E-state index in [0.29, 0.717) is 30.1 Å². The first-order valence-corrected chi connectivity index (χ1v) is 12.0. The number of sulfonamides is 1. The highest BCUT2D eigenvalue weighted by atomic mass is 35.5. The average Bonchev–Trinajstić information content (AvgIpc) is 3.22. The Kier molecular flexibility index (Phi) is 6.32. The van der Waals surface area contributed by atoms with E-state index in [1.165, 1.54) is 16.4 Å². The number of halogens is 1. The number of aryl methyl sites for hydroxylation is 2. The van der Waals surface area contributed by atoms with E-state index in [9.17, 15) is 13.2 Å². The van der Waals surface area contributed by atoms with Crippen molar-refractivity contribution in [2.45, 2.75) is 31.6 Å². The van der Waals surface area contributed by atoms with Gasteiger partial charge in [0.15, 0.2) is 0 Å². The maximum absolute atomic E-state index is 13.3. The van der Waals surface area contributed by atoms with Crippen LogP contribution in [0.3, 0.4) is 0 Å². The zero-order chi connectivity index (χ0) is 22.9. The Bertz CT molecular complexity index is 1250. The van der Waals surface area contributed by atoms with Crippen molar-refractivity contribution in [3.63, 3.8) is 0 Å². The van der Waals surface area contributed by atoms with Gasteiger partial charge in [0.05, 0.1) is 5.02 Å². The predicted octanol–water partition coefficient (Wildman–Crippen LogP) is 4.05. The van der Waals surface area contributed by atoms with Crippen LogP contribution in [-0.4, -0.2) is 41.9 Å². The van der Waals surface area contributed by atoms with E-state index in [0.717, 1.165) is 11.3 Å².